The van der Waals surface area contributed by atoms with E-state index in [0.717, 1.165) is 40.0 Å². The lowest BCUT2D eigenvalue weighted by atomic mass is 10.0. The Morgan fingerprint density at radius 1 is 1.38 bits per heavy atom. The van der Waals surface area contributed by atoms with Crippen LogP contribution in [-0.2, 0) is 12.8 Å². The van der Waals surface area contributed by atoms with Gasteiger partial charge in [0.05, 0.1) is 10.6 Å². The standard InChI is InChI=1S/C15H19BrFN3S/c1-3-5-13-15(21-20-19-13)14(18-4-2)9-10-8-11(17)6-7-12(10)16/h6-8,14,18H,3-5,9H2,1-2H3. The number of nitrogens with one attached hydrogen (secondary N) is 1. The number of likely N-dealkylation sites (N-methyl/N-ethyl adjacent to an activating group) is 1. The van der Waals surface area contributed by atoms with Crippen molar-refractivity contribution in [2.24, 2.45) is 0 Å². The van der Waals surface area contributed by atoms with Crippen molar-refractivity contribution in [3.8, 4) is 0 Å². The fourth-order valence-electron chi connectivity index (χ4n) is 2.31. The smallest absolute Gasteiger partial charge is 0.123 e. The van der Waals surface area contributed by atoms with Crippen LogP contribution in [-0.4, -0.2) is 16.1 Å². The van der Waals surface area contributed by atoms with Crippen molar-refractivity contribution >= 4 is 27.5 Å². The van der Waals surface area contributed by atoms with E-state index in [1.54, 1.807) is 12.1 Å². The van der Waals surface area contributed by atoms with Gasteiger partial charge in [-0.2, -0.15) is 0 Å². The van der Waals surface area contributed by atoms with Gasteiger partial charge in [0.25, 0.3) is 0 Å². The van der Waals surface area contributed by atoms with Gasteiger partial charge in [0.15, 0.2) is 0 Å². The van der Waals surface area contributed by atoms with Crippen molar-refractivity contribution in [2.75, 3.05) is 6.54 Å². The van der Waals surface area contributed by atoms with Crippen LogP contribution in [0.5, 0.6) is 0 Å². The zero-order valence-corrected chi connectivity index (χ0v) is 14.6. The second kappa shape index (κ2) is 7.96. The molecule has 1 aromatic heterocycles. The van der Waals surface area contributed by atoms with Gasteiger partial charge in [0.2, 0.25) is 0 Å². The van der Waals surface area contributed by atoms with Gasteiger partial charge < -0.3 is 5.32 Å². The number of hydrogen-bond acceptors (Lipinski definition) is 4. The van der Waals surface area contributed by atoms with Crippen LogP contribution in [0.4, 0.5) is 4.39 Å². The molecule has 0 aliphatic rings. The van der Waals surface area contributed by atoms with E-state index in [2.05, 4.69) is 44.7 Å². The summed E-state index contributed by atoms with van der Waals surface area (Å²) in [5, 5.41) is 7.70. The molecule has 0 radical (unpaired) electrons. The lowest BCUT2D eigenvalue weighted by Gasteiger charge is -2.18. The Hall–Kier alpha value is -0.850. The third kappa shape index (κ3) is 4.31. The fraction of sp³-hybridized carbons (Fsp3) is 0.467. The first kappa shape index (κ1) is 16.5. The largest absolute Gasteiger partial charge is 0.309 e. The average molecular weight is 372 g/mol. The Balaban J connectivity index is 2.26. The number of halogens is 2. The summed E-state index contributed by atoms with van der Waals surface area (Å²) in [6, 6.07) is 4.93. The fourth-order valence-corrected chi connectivity index (χ4v) is 3.49. The topological polar surface area (TPSA) is 37.8 Å². The number of nitrogens with zero attached hydrogens (tertiary/aromatic N) is 2. The SMILES string of the molecule is CCCc1nnsc1C(Cc1cc(F)ccc1Br)NCC. The van der Waals surface area contributed by atoms with E-state index < -0.39 is 0 Å². The van der Waals surface area contributed by atoms with Crippen LogP contribution in [0.1, 0.15) is 42.4 Å². The summed E-state index contributed by atoms with van der Waals surface area (Å²) in [6.07, 6.45) is 2.69. The zero-order chi connectivity index (χ0) is 15.2. The molecule has 1 aromatic carbocycles. The van der Waals surface area contributed by atoms with Gasteiger partial charge in [0.1, 0.15) is 5.82 Å². The molecular weight excluding hydrogens is 353 g/mol. The van der Waals surface area contributed by atoms with Crippen LogP contribution in [0.2, 0.25) is 0 Å². The molecule has 1 N–H and O–H groups in total. The number of aryl methyl sites for hydroxylation is 1. The Kier molecular flexibility index (Phi) is 6.26. The van der Waals surface area contributed by atoms with Crippen LogP contribution in [0.3, 0.4) is 0 Å². The Bertz CT molecular complexity index is 588. The molecule has 2 aromatic rings. The molecule has 1 heterocycles. The minimum Gasteiger partial charge on any atom is -0.309 e. The molecule has 6 heteroatoms. The minimum atomic E-state index is -0.209. The van der Waals surface area contributed by atoms with Crippen LogP contribution < -0.4 is 5.32 Å². The molecule has 0 bridgehead atoms. The second-order valence-electron chi connectivity index (χ2n) is 4.88. The summed E-state index contributed by atoms with van der Waals surface area (Å²) < 4.78 is 18.5. The summed E-state index contributed by atoms with van der Waals surface area (Å²) in [7, 11) is 0. The summed E-state index contributed by atoms with van der Waals surface area (Å²) in [5.74, 6) is -0.209. The van der Waals surface area contributed by atoms with Gasteiger partial charge in [-0.25, -0.2) is 4.39 Å². The maximum absolute atomic E-state index is 13.5. The van der Waals surface area contributed by atoms with E-state index in [1.807, 2.05) is 0 Å². The first-order chi connectivity index (χ1) is 10.2. The van der Waals surface area contributed by atoms with Crippen molar-refractivity contribution in [3.63, 3.8) is 0 Å². The van der Waals surface area contributed by atoms with Crippen LogP contribution in [0.15, 0.2) is 22.7 Å². The van der Waals surface area contributed by atoms with Gasteiger partial charge in [-0.1, -0.05) is 40.7 Å². The molecule has 114 valence electrons. The van der Waals surface area contributed by atoms with Crippen LogP contribution >= 0.6 is 27.5 Å². The summed E-state index contributed by atoms with van der Waals surface area (Å²) in [6.45, 7) is 5.05. The summed E-state index contributed by atoms with van der Waals surface area (Å²) in [5.41, 5.74) is 2.01. The number of aromatic nitrogens is 2. The van der Waals surface area contributed by atoms with Gasteiger partial charge >= 0.3 is 0 Å². The zero-order valence-electron chi connectivity index (χ0n) is 12.2. The lowest BCUT2D eigenvalue weighted by molar-refractivity contribution is 0.547. The van der Waals surface area contributed by atoms with E-state index >= 15 is 0 Å². The Morgan fingerprint density at radius 3 is 2.90 bits per heavy atom. The monoisotopic (exact) mass is 371 g/mol. The predicted octanol–water partition coefficient (Wildman–Crippen LogP) is 4.29. The quantitative estimate of drug-likeness (QED) is 0.788. The second-order valence-corrected chi connectivity index (χ2v) is 6.52. The first-order valence-corrected chi connectivity index (χ1v) is 8.70. The molecule has 21 heavy (non-hydrogen) atoms. The number of rotatable bonds is 7. The van der Waals surface area contributed by atoms with E-state index in [1.165, 1.54) is 17.6 Å². The van der Waals surface area contributed by atoms with Gasteiger partial charge in [0, 0.05) is 10.5 Å². The van der Waals surface area contributed by atoms with E-state index in [-0.39, 0.29) is 11.9 Å². The van der Waals surface area contributed by atoms with Crippen LogP contribution in [0, 0.1) is 5.82 Å². The Labute approximate surface area is 137 Å². The molecule has 0 amide bonds. The van der Waals surface area contributed by atoms with E-state index in [9.17, 15) is 4.39 Å². The highest BCUT2D eigenvalue weighted by atomic mass is 79.9. The number of hydrogen-bond donors (Lipinski definition) is 1. The van der Waals surface area contributed by atoms with Crippen molar-refractivity contribution in [1.29, 1.82) is 0 Å². The molecular formula is C15H19BrFN3S. The molecule has 0 spiro atoms. The first-order valence-electron chi connectivity index (χ1n) is 7.14. The maximum atomic E-state index is 13.5. The molecule has 3 nitrogen and oxygen atoms in total. The van der Waals surface area contributed by atoms with Crippen molar-refractivity contribution in [3.05, 3.63) is 44.6 Å². The molecule has 0 fully saturated rings. The minimum absolute atomic E-state index is 0.120. The highest BCUT2D eigenvalue weighted by molar-refractivity contribution is 9.10. The van der Waals surface area contributed by atoms with Gasteiger partial charge in [-0.05, 0) is 54.7 Å². The average Bonchev–Trinajstić information content (AvgIpc) is 2.91. The van der Waals surface area contributed by atoms with E-state index in [4.69, 9.17) is 0 Å². The van der Waals surface area contributed by atoms with E-state index in [0.29, 0.717) is 6.42 Å². The van der Waals surface area contributed by atoms with Crippen molar-refractivity contribution in [1.82, 2.24) is 14.9 Å². The molecule has 2 rings (SSSR count). The highest BCUT2D eigenvalue weighted by Gasteiger charge is 2.20. The third-order valence-electron chi connectivity index (χ3n) is 3.27. The molecule has 0 saturated heterocycles. The summed E-state index contributed by atoms with van der Waals surface area (Å²) in [4.78, 5) is 1.16. The predicted molar refractivity (Wildman–Crippen MR) is 88.1 cm³/mol. The molecule has 1 atom stereocenters. The van der Waals surface area contributed by atoms with Crippen molar-refractivity contribution in [2.45, 2.75) is 39.2 Å². The van der Waals surface area contributed by atoms with Gasteiger partial charge in [-0.15, -0.1) is 5.10 Å². The molecule has 1 unspecified atom stereocenters. The van der Waals surface area contributed by atoms with Crippen LogP contribution in [0.25, 0.3) is 0 Å². The van der Waals surface area contributed by atoms with Gasteiger partial charge in [-0.3, -0.25) is 0 Å². The Morgan fingerprint density at radius 2 is 2.19 bits per heavy atom. The third-order valence-corrected chi connectivity index (χ3v) is 4.92. The highest BCUT2D eigenvalue weighted by Crippen LogP contribution is 2.28. The normalized spacial score (nSPS) is 12.6. The van der Waals surface area contributed by atoms with Crippen molar-refractivity contribution < 1.29 is 4.39 Å². The maximum Gasteiger partial charge on any atom is 0.123 e. The number of benzene rings is 1. The molecule has 0 aliphatic heterocycles. The molecule has 0 aliphatic carbocycles. The summed E-state index contributed by atoms with van der Waals surface area (Å²) >= 11 is 4.93. The lowest BCUT2D eigenvalue weighted by Crippen LogP contribution is -2.23. The molecule has 0 saturated carbocycles.